The largest absolute Gasteiger partial charge is 0.342 e. The smallest absolute Gasteiger partial charge is 0.302 e. The number of carbonyl (C=O) groups excluding carboxylic acids is 2. The van der Waals surface area contributed by atoms with Crippen LogP contribution in [0.15, 0.2) is 5.10 Å². The van der Waals surface area contributed by atoms with Crippen molar-refractivity contribution < 1.29 is 21.9 Å². The normalized spacial score (nSPS) is 26.9. The topological polar surface area (TPSA) is 95.9 Å². The first-order chi connectivity index (χ1) is 9.26. The van der Waals surface area contributed by atoms with Gasteiger partial charge < -0.3 is 4.90 Å². The van der Waals surface area contributed by atoms with Crippen molar-refractivity contribution in [3.8, 4) is 0 Å². The van der Waals surface area contributed by atoms with E-state index in [4.69, 9.17) is 0 Å². The Kier molecular flexibility index (Phi) is 4.07. The Morgan fingerprint density at radius 2 is 2.15 bits per heavy atom. The standard InChI is InChI=1S/C11H16FN3O4S/c1-7-9(11(17)14-13-7)2-3-15-5-8(4-10(15)16)6-20(12,18)19/h8-9H,2-6H2,1H3,(H,14,17). The SMILES string of the molecule is CC1=NNC(=O)C1CCN1CC(CS(=O)(=O)F)CC1=O. The van der Waals surface area contributed by atoms with Gasteiger partial charge in [0.15, 0.2) is 0 Å². The van der Waals surface area contributed by atoms with Crippen LogP contribution in [-0.4, -0.2) is 49.7 Å². The summed E-state index contributed by atoms with van der Waals surface area (Å²) >= 11 is 0. The molecule has 1 N–H and O–H groups in total. The molecule has 0 aliphatic carbocycles. The summed E-state index contributed by atoms with van der Waals surface area (Å²) in [5.74, 6) is -1.89. The molecule has 7 nitrogen and oxygen atoms in total. The lowest BCUT2D eigenvalue weighted by molar-refractivity contribution is -0.128. The Labute approximate surface area is 116 Å². The Hall–Kier alpha value is -1.51. The van der Waals surface area contributed by atoms with Crippen molar-refractivity contribution in [2.45, 2.75) is 19.8 Å². The Balaban J connectivity index is 1.87. The van der Waals surface area contributed by atoms with Crippen LogP contribution >= 0.6 is 0 Å². The van der Waals surface area contributed by atoms with Crippen LogP contribution in [-0.2, 0) is 19.8 Å². The fourth-order valence-electron chi connectivity index (χ4n) is 2.58. The summed E-state index contributed by atoms with van der Waals surface area (Å²) in [4.78, 5) is 24.7. The molecule has 2 aliphatic rings. The van der Waals surface area contributed by atoms with Crippen molar-refractivity contribution in [1.29, 1.82) is 0 Å². The molecule has 0 aromatic rings. The maximum absolute atomic E-state index is 12.6. The van der Waals surface area contributed by atoms with Gasteiger partial charge >= 0.3 is 10.2 Å². The number of nitrogens with zero attached hydrogens (tertiary/aromatic N) is 2. The van der Waals surface area contributed by atoms with Crippen LogP contribution in [0.5, 0.6) is 0 Å². The summed E-state index contributed by atoms with van der Waals surface area (Å²) in [6.45, 7) is 2.28. The van der Waals surface area contributed by atoms with Gasteiger partial charge in [0.2, 0.25) is 11.8 Å². The second-order valence-corrected chi connectivity index (χ2v) is 6.60. The van der Waals surface area contributed by atoms with Gasteiger partial charge in [0.25, 0.3) is 0 Å². The molecule has 112 valence electrons. The highest BCUT2D eigenvalue weighted by molar-refractivity contribution is 7.86. The summed E-state index contributed by atoms with van der Waals surface area (Å²) < 4.78 is 33.8. The lowest BCUT2D eigenvalue weighted by Crippen LogP contribution is -2.31. The molecular formula is C11H16FN3O4S. The molecule has 1 saturated heterocycles. The average Bonchev–Trinajstić information content (AvgIpc) is 2.79. The van der Waals surface area contributed by atoms with E-state index in [-0.39, 0.29) is 30.7 Å². The average molecular weight is 305 g/mol. The van der Waals surface area contributed by atoms with Crippen molar-refractivity contribution in [3.63, 3.8) is 0 Å². The van der Waals surface area contributed by atoms with Crippen molar-refractivity contribution in [1.82, 2.24) is 10.3 Å². The van der Waals surface area contributed by atoms with Gasteiger partial charge in [-0.15, -0.1) is 3.89 Å². The van der Waals surface area contributed by atoms with Gasteiger partial charge in [0.05, 0.1) is 11.7 Å². The van der Waals surface area contributed by atoms with E-state index in [2.05, 4.69) is 10.5 Å². The van der Waals surface area contributed by atoms with Crippen LogP contribution in [0.1, 0.15) is 19.8 Å². The molecule has 2 unspecified atom stereocenters. The van der Waals surface area contributed by atoms with E-state index in [1.54, 1.807) is 6.92 Å². The quantitative estimate of drug-likeness (QED) is 0.702. The highest BCUT2D eigenvalue weighted by Gasteiger charge is 2.34. The zero-order valence-electron chi connectivity index (χ0n) is 11.0. The summed E-state index contributed by atoms with van der Waals surface area (Å²) in [6.07, 6.45) is 0.467. The van der Waals surface area contributed by atoms with E-state index in [0.29, 0.717) is 18.7 Å². The number of likely N-dealkylation sites (tertiary alicyclic amines) is 1. The molecule has 0 saturated carbocycles. The van der Waals surface area contributed by atoms with Crippen LogP contribution in [0.3, 0.4) is 0 Å². The fraction of sp³-hybridized carbons (Fsp3) is 0.727. The number of amides is 2. The van der Waals surface area contributed by atoms with Crippen molar-refractivity contribution in [3.05, 3.63) is 0 Å². The summed E-state index contributed by atoms with van der Waals surface area (Å²) in [7, 11) is -4.56. The van der Waals surface area contributed by atoms with Crippen LogP contribution in [0.25, 0.3) is 0 Å². The van der Waals surface area contributed by atoms with Crippen molar-refractivity contribution in [2.24, 2.45) is 16.9 Å². The van der Waals surface area contributed by atoms with Crippen LogP contribution in [0.2, 0.25) is 0 Å². The van der Waals surface area contributed by atoms with Crippen LogP contribution in [0, 0.1) is 11.8 Å². The fourth-order valence-corrected chi connectivity index (χ4v) is 3.36. The van der Waals surface area contributed by atoms with E-state index >= 15 is 0 Å². The van der Waals surface area contributed by atoms with Gasteiger partial charge in [-0.05, 0) is 13.3 Å². The number of hydrogen-bond acceptors (Lipinski definition) is 5. The molecule has 20 heavy (non-hydrogen) atoms. The molecule has 0 bridgehead atoms. The van der Waals surface area contributed by atoms with Crippen LogP contribution < -0.4 is 5.43 Å². The van der Waals surface area contributed by atoms with E-state index in [1.165, 1.54) is 4.90 Å². The van der Waals surface area contributed by atoms with Crippen molar-refractivity contribution in [2.75, 3.05) is 18.8 Å². The van der Waals surface area contributed by atoms with Gasteiger partial charge in [-0.3, -0.25) is 9.59 Å². The predicted molar refractivity (Wildman–Crippen MR) is 68.9 cm³/mol. The van der Waals surface area contributed by atoms with Crippen molar-refractivity contribution >= 4 is 27.7 Å². The molecule has 0 radical (unpaired) electrons. The maximum Gasteiger partial charge on any atom is 0.302 e. The summed E-state index contributed by atoms with van der Waals surface area (Å²) in [6, 6.07) is 0. The first-order valence-electron chi connectivity index (χ1n) is 6.30. The molecule has 9 heteroatoms. The minimum Gasteiger partial charge on any atom is -0.342 e. The molecule has 2 rings (SSSR count). The minimum atomic E-state index is -4.56. The Morgan fingerprint density at radius 3 is 2.70 bits per heavy atom. The number of hydrogen-bond donors (Lipinski definition) is 1. The van der Waals surface area contributed by atoms with Crippen LogP contribution in [0.4, 0.5) is 3.89 Å². The highest BCUT2D eigenvalue weighted by atomic mass is 32.3. The van der Waals surface area contributed by atoms with E-state index in [0.717, 1.165) is 0 Å². The number of rotatable bonds is 5. The first kappa shape index (κ1) is 14.9. The third kappa shape index (κ3) is 3.53. The third-order valence-corrected chi connectivity index (χ3v) is 4.45. The van der Waals surface area contributed by atoms with Gasteiger partial charge in [-0.25, -0.2) is 5.43 Å². The predicted octanol–water partition coefficient (Wildman–Crippen LogP) is -0.354. The van der Waals surface area contributed by atoms with E-state index < -0.39 is 21.9 Å². The molecular weight excluding hydrogens is 289 g/mol. The molecule has 2 aliphatic heterocycles. The number of hydrazone groups is 1. The first-order valence-corrected chi connectivity index (χ1v) is 7.85. The van der Waals surface area contributed by atoms with E-state index in [9.17, 15) is 21.9 Å². The van der Waals surface area contributed by atoms with Gasteiger partial charge in [-0.2, -0.15) is 13.5 Å². The summed E-state index contributed by atoms with van der Waals surface area (Å²) in [5.41, 5.74) is 3.03. The minimum absolute atomic E-state index is 0.0348. The maximum atomic E-state index is 12.6. The van der Waals surface area contributed by atoms with Gasteiger partial charge in [0, 0.05) is 31.1 Å². The lowest BCUT2D eigenvalue weighted by atomic mass is 10.0. The monoisotopic (exact) mass is 305 g/mol. The Bertz CT molecular complexity index is 560. The second kappa shape index (κ2) is 5.47. The zero-order valence-corrected chi connectivity index (χ0v) is 11.8. The molecule has 2 amide bonds. The molecule has 0 aromatic heterocycles. The molecule has 0 aromatic carbocycles. The third-order valence-electron chi connectivity index (χ3n) is 3.58. The summed E-state index contributed by atoms with van der Waals surface area (Å²) in [5, 5.41) is 3.81. The van der Waals surface area contributed by atoms with Gasteiger partial charge in [-0.1, -0.05) is 0 Å². The molecule has 2 atom stereocenters. The zero-order chi connectivity index (χ0) is 14.9. The van der Waals surface area contributed by atoms with Gasteiger partial charge in [0.1, 0.15) is 0 Å². The number of halogens is 1. The lowest BCUT2D eigenvalue weighted by Gasteiger charge is -2.18. The Morgan fingerprint density at radius 1 is 1.45 bits per heavy atom. The molecule has 2 heterocycles. The number of nitrogens with one attached hydrogen (secondary N) is 1. The second-order valence-electron chi connectivity index (χ2n) is 5.19. The van der Waals surface area contributed by atoms with E-state index in [1.807, 2.05) is 0 Å². The number of carbonyl (C=O) groups is 2. The molecule has 1 fully saturated rings. The highest BCUT2D eigenvalue weighted by Crippen LogP contribution is 2.22. The molecule has 0 spiro atoms.